The molecule has 0 amide bonds. The number of nitrogens with two attached hydrogens (primary N) is 1. The molecule has 0 spiro atoms. The van der Waals surface area contributed by atoms with E-state index >= 15 is 0 Å². The largest absolute Gasteiger partial charge is 0.496 e. The minimum absolute atomic E-state index is 0. The van der Waals surface area contributed by atoms with Crippen LogP contribution in [0.1, 0.15) is 29.8 Å². The third-order valence-corrected chi connectivity index (χ3v) is 3.18. The predicted octanol–water partition coefficient (Wildman–Crippen LogP) is 2.26. The molecule has 0 unspecified atom stereocenters. The van der Waals surface area contributed by atoms with Crippen LogP contribution in [0.15, 0.2) is 23.2 Å². The van der Waals surface area contributed by atoms with Crippen LogP contribution in [0.2, 0.25) is 0 Å². The molecule has 124 valence electrons. The quantitative estimate of drug-likeness (QED) is 0.330. The van der Waals surface area contributed by atoms with Crippen LogP contribution in [0.3, 0.4) is 0 Å². The SMILES string of the molecule is CCN(CC)C(N)=NCc1ccc(C(=O)OC)c(OC)c1.I. The molecule has 6 nitrogen and oxygen atoms in total. The molecular formula is C15H24IN3O3. The van der Waals surface area contributed by atoms with Crippen LogP contribution < -0.4 is 10.5 Å². The summed E-state index contributed by atoms with van der Waals surface area (Å²) in [5.41, 5.74) is 7.23. The molecule has 1 aromatic carbocycles. The molecule has 0 radical (unpaired) electrons. The van der Waals surface area contributed by atoms with Crippen molar-refractivity contribution in [2.75, 3.05) is 27.3 Å². The van der Waals surface area contributed by atoms with E-state index in [9.17, 15) is 4.79 Å². The number of hydrogen-bond acceptors (Lipinski definition) is 4. The lowest BCUT2D eigenvalue weighted by Crippen LogP contribution is -2.37. The first-order valence-corrected chi connectivity index (χ1v) is 6.87. The van der Waals surface area contributed by atoms with Gasteiger partial charge in [0.05, 0.1) is 20.8 Å². The van der Waals surface area contributed by atoms with Gasteiger partial charge in [0.15, 0.2) is 5.96 Å². The molecule has 22 heavy (non-hydrogen) atoms. The van der Waals surface area contributed by atoms with Gasteiger partial charge in [-0.3, -0.25) is 0 Å². The van der Waals surface area contributed by atoms with E-state index < -0.39 is 5.97 Å². The maximum absolute atomic E-state index is 11.6. The van der Waals surface area contributed by atoms with Gasteiger partial charge in [0, 0.05) is 13.1 Å². The van der Waals surface area contributed by atoms with Crippen LogP contribution in [-0.2, 0) is 11.3 Å². The average Bonchev–Trinajstić information content (AvgIpc) is 2.52. The molecule has 1 rings (SSSR count). The highest BCUT2D eigenvalue weighted by atomic mass is 127. The smallest absolute Gasteiger partial charge is 0.341 e. The van der Waals surface area contributed by atoms with Crippen molar-refractivity contribution in [1.82, 2.24) is 4.90 Å². The zero-order chi connectivity index (χ0) is 15.8. The van der Waals surface area contributed by atoms with E-state index in [1.807, 2.05) is 24.8 Å². The van der Waals surface area contributed by atoms with Crippen molar-refractivity contribution < 1.29 is 14.3 Å². The Labute approximate surface area is 148 Å². The van der Waals surface area contributed by atoms with Crippen molar-refractivity contribution in [3.05, 3.63) is 29.3 Å². The number of nitrogens with zero attached hydrogens (tertiary/aromatic N) is 2. The van der Waals surface area contributed by atoms with E-state index in [-0.39, 0.29) is 24.0 Å². The topological polar surface area (TPSA) is 77.2 Å². The molecule has 2 N–H and O–H groups in total. The summed E-state index contributed by atoms with van der Waals surface area (Å²) in [5.74, 6) is 0.552. The summed E-state index contributed by atoms with van der Waals surface area (Å²) in [6.45, 7) is 6.12. The van der Waals surface area contributed by atoms with Crippen molar-refractivity contribution in [3.63, 3.8) is 0 Å². The maximum Gasteiger partial charge on any atom is 0.341 e. The summed E-state index contributed by atoms with van der Waals surface area (Å²) < 4.78 is 9.92. The lowest BCUT2D eigenvalue weighted by molar-refractivity contribution is 0.0597. The molecule has 0 aliphatic heterocycles. The number of hydrogen-bond donors (Lipinski definition) is 1. The number of guanidine groups is 1. The molecular weight excluding hydrogens is 397 g/mol. The van der Waals surface area contributed by atoms with E-state index in [2.05, 4.69) is 4.99 Å². The van der Waals surface area contributed by atoms with Crippen molar-refractivity contribution in [1.29, 1.82) is 0 Å². The summed E-state index contributed by atoms with van der Waals surface area (Å²) in [6, 6.07) is 5.25. The summed E-state index contributed by atoms with van der Waals surface area (Å²) in [7, 11) is 2.85. The van der Waals surface area contributed by atoms with E-state index in [0.29, 0.717) is 23.8 Å². The highest BCUT2D eigenvalue weighted by molar-refractivity contribution is 14.0. The zero-order valence-corrected chi connectivity index (χ0v) is 15.8. The Kier molecular flexibility index (Phi) is 9.55. The minimum Gasteiger partial charge on any atom is -0.496 e. The third kappa shape index (κ3) is 5.36. The van der Waals surface area contributed by atoms with Crippen LogP contribution in [0.4, 0.5) is 0 Å². The van der Waals surface area contributed by atoms with Gasteiger partial charge >= 0.3 is 5.97 Å². The van der Waals surface area contributed by atoms with Gasteiger partial charge < -0.3 is 20.1 Å². The van der Waals surface area contributed by atoms with Gasteiger partial charge in [0.1, 0.15) is 11.3 Å². The number of ether oxygens (including phenoxy) is 2. The van der Waals surface area contributed by atoms with Crippen LogP contribution >= 0.6 is 24.0 Å². The fourth-order valence-corrected chi connectivity index (χ4v) is 1.93. The second-order valence-corrected chi connectivity index (χ2v) is 4.37. The fraction of sp³-hybridized carbons (Fsp3) is 0.467. The number of aliphatic imine (C=N–C) groups is 1. The highest BCUT2D eigenvalue weighted by Crippen LogP contribution is 2.21. The van der Waals surface area contributed by atoms with E-state index in [1.165, 1.54) is 14.2 Å². The van der Waals surface area contributed by atoms with Gasteiger partial charge in [-0.05, 0) is 31.5 Å². The Morgan fingerprint density at radius 2 is 1.91 bits per heavy atom. The molecule has 7 heteroatoms. The van der Waals surface area contributed by atoms with Gasteiger partial charge in [-0.25, -0.2) is 9.79 Å². The van der Waals surface area contributed by atoms with Crippen LogP contribution in [0.25, 0.3) is 0 Å². The zero-order valence-electron chi connectivity index (χ0n) is 13.5. The van der Waals surface area contributed by atoms with Gasteiger partial charge in [-0.1, -0.05) is 6.07 Å². The standard InChI is InChI=1S/C15H23N3O3.HI/c1-5-18(6-2)15(16)17-10-11-7-8-12(14(19)21-4)13(9-11)20-3;/h7-9H,5-6,10H2,1-4H3,(H2,16,17);1H. The van der Waals surface area contributed by atoms with E-state index in [1.54, 1.807) is 12.1 Å². The van der Waals surface area contributed by atoms with Crippen molar-refractivity contribution in [2.24, 2.45) is 10.7 Å². The van der Waals surface area contributed by atoms with Crippen molar-refractivity contribution in [3.8, 4) is 5.75 Å². The Morgan fingerprint density at radius 3 is 2.41 bits per heavy atom. The molecule has 0 fully saturated rings. The molecule has 0 bridgehead atoms. The lowest BCUT2D eigenvalue weighted by atomic mass is 10.1. The number of carbonyl (C=O) groups is 1. The van der Waals surface area contributed by atoms with Crippen LogP contribution in [0.5, 0.6) is 5.75 Å². The summed E-state index contributed by atoms with van der Waals surface area (Å²) in [4.78, 5) is 17.9. The summed E-state index contributed by atoms with van der Waals surface area (Å²) in [5, 5.41) is 0. The highest BCUT2D eigenvalue weighted by Gasteiger charge is 2.13. The van der Waals surface area contributed by atoms with Crippen LogP contribution in [-0.4, -0.2) is 44.1 Å². The first kappa shape index (κ1) is 20.5. The number of rotatable bonds is 6. The van der Waals surface area contributed by atoms with Crippen molar-refractivity contribution >= 4 is 35.9 Å². The fourth-order valence-electron chi connectivity index (χ4n) is 1.93. The number of esters is 1. The van der Waals surface area contributed by atoms with Gasteiger partial charge in [-0.15, -0.1) is 24.0 Å². The number of carbonyl (C=O) groups excluding carboxylic acids is 1. The summed E-state index contributed by atoms with van der Waals surface area (Å²) in [6.07, 6.45) is 0. The van der Waals surface area contributed by atoms with Gasteiger partial charge in [0.25, 0.3) is 0 Å². The molecule has 0 heterocycles. The predicted molar refractivity (Wildman–Crippen MR) is 98.0 cm³/mol. The molecule has 0 aliphatic rings. The molecule has 1 aromatic rings. The first-order chi connectivity index (χ1) is 10.1. The van der Waals surface area contributed by atoms with Gasteiger partial charge in [0.2, 0.25) is 0 Å². The maximum atomic E-state index is 11.6. The summed E-state index contributed by atoms with van der Waals surface area (Å²) >= 11 is 0. The van der Waals surface area contributed by atoms with Crippen LogP contribution in [0, 0.1) is 0 Å². The monoisotopic (exact) mass is 421 g/mol. The Hall–Kier alpha value is -1.51. The minimum atomic E-state index is -0.426. The second-order valence-electron chi connectivity index (χ2n) is 4.37. The molecule has 0 saturated carbocycles. The third-order valence-electron chi connectivity index (χ3n) is 3.18. The lowest BCUT2D eigenvalue weighted by Gasteiger charge is -2.19. The average molecular weight is 421 g/mol. The number of methoxy groups -OCH3 is 2. The Balaban J connectivity index is 0.00000441. The Bertz CT molecular complexity index is 517. The second kappa shape index (κ2) is 10.3. The van der Waals surface area contributed by atoms with Gasteiger partial charge in [-0.2, -0.15) is 0 Å². The number of benzene rings is 1. The molecule has 0 saturated heterocycles. The van der Waals surface area contributed by atoms with E-state index in [0.717, 1.165) is 18.7 Å². The number of halogens is 1. The first-order valence-electron chi connectivity index (χ1n) is 6.87. The molecule has 0 atom stereocenters. The molecule has 0 aliphatic carbocycles. The molecule has 0 aromatic heterocycles. The van der Waals surface area contributed by atoms with E-state index in [4.69, 9.17) is 15.2 Å². The van der Waals surface area contributed by atoms with Crippen molar-refractivity contribution in [2.45, 2.75) is 20.4 Å². The normalized spacial score (nSPS) is 10.6. The Morgan fingerprint density at radius 1 is 1.27 bits per heavy atom.